The van der Waals surface area contributed by atoms with Crippen molar-refractivity contribution < 1.29 is 9.53 Å². The van der Waals surface area contributed by atoms with Gasteiger partial charge < -0.3 is 15.8 Å². The van der Waals surface area contributed by atoms with Gasteiger partial charge in [0.1, 0.15) is 5.54 Å². The molecule has 0 aromatic heterocycles. The van der Waals surface area contributed by atoms with Crippen LogP contribution >= 0.6 is 0 Å². The number of hydrogen-bond donors (Lipinski definition) is 2. The lowest BCUT2D eigenvalue weighted by atomic mass is 9.89. The van der Waals surface area contributed by atoms with Gasteiger partial charge in [-0.2, -0.15) is 0 Å². The summed E-state index contributed by atoms with van der Waals surface area (Å²) in [6.07, 6.45) is 4.01. The van der Waals surface area contributed by atoms with Crippen LogP contribution in [-0.2, 0) is 9.53 Å². The zero-order valence-electron chi connectivity index (χ0n) is 8.42. The fourth-order valence-corrected chi connectivity index (χ4v) is 1.89. The minimum absolute atomic E-state index is 0.221. The van der Waals surface area contributed by atoms with Gasteiger partial charge in [0, 0.05) is 13.2 Å². The maximum Gasteiger partial charge on any atom is 0.237 e. The van der Waals surface area contributed by atoms with Gasteiger partial charge in [-0.05, 0) is 38.1 Å². The fourth-order valence-electron chi connectivity index (χ4n) is 1.89. The molecule has 1 amide bonds. The summed E-state index contributed by atoms with van der Waals surface area (Å²) >= 11 is 0. The maximum absolute atomic E-state index is 11.4. The Labute approximate surface area is 84.2 Å². The topological polar surface area (TPSA) is 64.4 Å². The molecule has 4 nitrogen and oxygen atoms in total. The van der Waals surface area contributed by atoms with Crippen molar-refractivity contribution in [1.29, 1.82) is 0 Å². The highest BCUT2D eigenvalue weighted by atomic mass is 16.5. The van der Waals surface area contributed by atoms with Crippen LogP contribution in [-0.4, -0.2) is 31.2 Å². The van der Waals surface area contributed by atoms with Crippen molar-refractivity contribution in [3.8, 4) is 0 Å². The Hall–Kier alpha value is -0.610. The first kappa shape index (κ1) is 9.93. The van der Waals surface area contributed by atoms with Crippen LogP contribution in [0.3, 0.4) is 0 Å². The second kappa shape index (κ2) is 3.87. The average molecular weight is 198 g/mol. The summed E-state index contributed by atoms with van der Waals surface area (Å²) in [5.41, 5.74) is 4.97. The van der Waals surface area contributed by atoms with E-state index in [1.54, 1.807) is 0 Å². The summed E-state index contributed by atoms with van der Waals surface area (Å²) in [6, 6.07) is 0. The molecule has 2 aliphatic rings. The van der Waals surface area contributed by atoms with Gasteiger partial charge in [0.05, 0.1) is 0 Å². The summed E-state index contributed by atoms with van der Waals surface area (Å²) in [5, 5.41) is 3.34. The molecule has 0 spiro atoms. The number of ether oxygens (including phenoxy) is 1. The van der Waals surface area contributed by atoms with Gasteiger partial charge in [-0.15, -0.1) is 0 Å². The fraction of sp³-hybridized carbons (Fsp3) is 0.900. The molecule has 1 aliphatic carbocycles. The lowest BCUT2D eigenvalue weighted by Crippen LogP contribution is -2.58. The Morgan fingerprint density at radius 3 is 2.57 bits per heavy atom. The molecule has 0 atom stereocenters. The number of hydrogen-bond acceptors (Lipinski definition) is 3. The van der Waals surface area contributed by atoms with Gasteiger partial charge in [-0.3, -0.25) is 4.79 Å². The first-order chi connectivity index (χ1) is 6.73. The maximum atomic E-state index is 11.4. The van der Waals surface area contributed by atoms with E-state index in [0.717, 1.165) is 25.3 Å². The number of carbonyl (C=O) groups is 1. The van der Waals surface area contributed by atoms with Crippen LogP contribution in [0.15, 0.2) is 0 Å². The van der Waals surface area contributed by atoms with E-state index < -0.39 is 5.54 Å². The molecule has 0 aromatic rings. The van der Waals surface area contributed by atoms with Crippen LogP contribution in [0, 0.1) is 5.92 Å². The van der Waals surface area contributed by atoms with Gasteiger partial charge >= 0.3 is 0 Å². The smallest absolute Gasteiger partial charge is 0.237 e. The monoisotopic (exact) mass is 198 g/mol. The highest BCUT2D eigenvalue weighted by molar-refractivity contribution is 5.84. The third-order valence-corrected chi connectivity index (χ3v) is 3.24. The Balaban J connectivity index is 1.92. The molecule has 0 radical (unpaired) electrons. The standard InChI is InChI=1S/C10H18N2O2/c11-9(13)10(3-5-14-6-4-10)12-7-8-1-2-8/h8,12H,1-7H2,(H2,11,13). The van der Waals surface area contributed by atoms with E-state index in [9.17, 15) is 4.79 Å². The third kappa shape index (κ3) is 2.07. The summed E-state index contributed by atoms with van der Waals surface area (Å²) in [4.78, 5) is 11.4. The number of nitrogens with one attached hydrogen (secondary N) is 1. The van der Waals surface area contributed by atoms with Crippen molar-refractivity contribution in [3.05, 3.63) is 0 Å². The minimum atomic E-state index is -0.485. The van der Waals surface area contributed by atoms with Crippen molar-refractivity contribution >= 4 is 5.91 Å². The van der Waals surface area contributed by atoms with Crippen molar-refractivity contribution in [2.75, 3.05) is 19.8 Å². The highest BCUT2D eigenvalue weighted by Gasteiger charge is 2.39. The molecule has 1 heterocycles. The van der Waals surface area contributed by atoms with Gasteiger partial charge in [-0.25, -0.2) is 0 Å². The molecule has 1 aliphatic heterocycles. The van der Waals surface area contributed by atoms with Crippen molar-refractivity contribution in [1.82, 2.24) is 5.32 Å². The Bertz CT molecular complexity index is 220. The zero-order chi connectivity index (χ0) is 10.0. The van der Waals surface area contributed by atoms with Crippen LogP contribution in [0.5, 0.6) is 0 Å². The van der Waals surface area contributed by atoms with E-state index in [2.05, 4.69) is 5.32 Å². The van der Waals surface area contributed by atoms with Crippen LogP contribution in [0.4, 0.5) is 0 Å². The summed E-state index contributed by atoms with van der Waals surface area (Å²) in [7, 11) is 0. The van der Waals surface area contributed by atoms with Gasteiger partial charge in [0.25, 0.3) is 0 Å². The van der Waals surface area contributed by atoms with E-state index >= 15 is 0 Å². The second-order valence-corrected chi connectivity index (χ2v) is 4.38. The zero-order valence-corrected chi connectivity index (χ0v) is 8.42. The molecule has 4 heteroatoms. The molecule has 1 saturated carbocycles. The Morgan fingerprint density at radius 2 is 2.07 bits per heavy atom. The quantitative estimate of drug-likeness (QED) is 0.669. The van der Waals surface area contributed by atoms with Crippen molar-refractivity contribution in [2.24, 2.45) is 11.7 Å². The first-order valence-electron chi connectivity index (χ1n) is 5.36. The molecule has 0 bridgehead atoms. The van der Waals surface area contributed by atoms with Gasteiger partial charge in [0.2, 0.25) is 5.91 Å². The third-order valence-electron chi connectivity index (χ3n) is 3.24. The van der Waals surface area contributed by atoms with Gasteiger partial charge in [-0.1, -0.05) is 0 Å². The molecular formula is C10H18N2O2. The SMILES string of the molecule is NC(=O)C1(NCC2CC2)CCOCC1. The normalized spacial score (nSPS) is 26.0. The number of primary amides is 1. The second-order valence-electron chi connectivity index (χ2n) is 4.38. The van der Waals surface area contributed by atoms with Crippen LogP contribution in [0.2, 0.25) is 0 Å². The van der Waals surface area contributed by atoms with Crippen LogP contribution < -0.4 is 11.1 Å². The Morgan fingerprint density at radius 1 is 1.43 bits per heavy atom. The Kier molecular flexibility index (Phi) is 2.74. The molecular weight excluding hydrogens is 180 g/mol. The van der Waals surface area contributed by atoms with E-state index in [0.29, 0.717) is 13.2 Å². The first-order valence-corrected chi connectivity index (χ1v) is 5.36. The minimum Gasteiger partial charge on any atom is -0.381 e. The number of rotatable bonds is 4. The van der Waals surface area contributed by atoms with E-state index in [1.807, 2.05) is 0 Å². The van der Waals surface area contributed by atoms with E-state index in [1.165, 1.54) is 12.8 Å². The summed E-state index contributed by atoms with van der Waals surface area (Å²) < 4.78 is 5.25. The van der Waals surface area contributed by atoms with Crippen LogP contribution in [0.25, 0.3) is 0 Å². The van der Waals surface area contributed by atoms with Gasteiger partial charge in [0.15, 0.2) is 0 Å². The number of carbonyl (C=O) groups excluding carboxylic acids is 1. The predicted octanol–water partition coefficient (Wildman–Crippen LogP) is 0.0205. The number of amides is 1. The molecule has 80 valence electrons. The molecule has 2 rings (SSSR count). The predicted molar refractivity (Wildman–Crippen MR) is 52.7 cm³/mol. The highest BCUT2D eigenvalue weighted by Crippen LogP contribution is 2.29. The molecule has 2 fully saturated rings. The van der Waals surface area contributed by atoms with Crippen molar-refractivity contribution in [3.63, 3.8) is 0 Å². The summed E-state index contributed by atoms with van der Waals surface area (Å²) in [5.74, 6) is 0.551. The molecule has 0 aromatic carbocycles. The largest absolute Gasteiger partial charge is 0.381 e. The van der Waals surface area contributed by atoms with E-state index in [4.69, 9.17) is 10.5 Å². The molecule has 14 heavy (non-hydrogen) atoms. The van der Waals surface area contributed by atoms with E-state index in [-0.39, 0.29) is 5.91 Å². The number of nitrogens with two attached hydrogens (primary N) is 1. The molecule has 3 N–H and O–H groups in total. The lowest BCUT2D eigenvalue weighted by Gasteiger charge is -2.35. The molecule has 1 saturated heterocycles. The average Bonchev–Trinajstić information content (AvgIpc) is 2.99. The van der Waals surface area contributed by atoms with Crippen molar-refractivity contribution in [2.45, 2.75) is 31.2 Å². The summed E-state index contributed by atoms with van der Waals surface area (Å²) in [6.45, 7) is 2.21. The van der Waals surface area contributed by atoms with Crippen LogP contribution in [0.1, 0.15) is 25.7 Å². The molecule has 0 unspecified atom stereocenters. The lowest BCUT2D eigenvalue weighted by molar-refractivity contribution is -0.128.